The molecule has 51 heavy (non-hydrogen) atoms. The molecule has 17 heteroatoms. The number of fused-ring (bicyclic) bond motifs is 1. The van der Waals surface area contributed by atoms with E-state index in [1.54, 1.807) is 6.92 Å². The van der Waals surface area contributed by atoms with Gasteiger partial charge in [-0.15, -0.1) is 0 Å². The van der Waals surface area contributed by atoms with Gasteiger partial charge < -0.3 is 35.8 Å². The van der Waals surface area contributed by atoms with E-state index in [1.807, 2.05) is 66.0 Å². The molecule has 2 aliphatic heterocycles. The van der Waals surface area contributed by atoms with Crippen LogP contribution >= 0.6 is 0 Å². The van der Waals surface area contributed by atoms with Crippen LogP contribution in [0.1, 0.15) is 53.7 Å². The van der Waals surface area contributed by atoms with Crippen LogP contribution in [0.3, 0.4) is 0 Å². The van der Waals surface area contributed by atoms with E-state index in [0.29, 0.717) is 6.54 Å². The van der Waals surface area contributed by atoms with Crippen molar-refractivity contribution in [2.24, 2.45) is 0 Å². The van der Waals surface area contributed by atoms with Crippen LogP contribution in [0.5, 0.6) is 0 Å². The smallest absolute Gasteiger partial charge is 0.387 e. The molecule has 2 aliphatic rings. The van der Waals surface area contributed by atoms with Crippen molar-refractivity contribution in [1.82, 2.24) is 35.1 Å². The average molecular weight is 711 g/mol. The Balaban J connectivity index is 1.32. The molecule has 0 saturated carbocycles. The maximum atomic E-state index is 13.9. The van der Waals surface area contributed by atoms with Gasteiger partial charge in [-0.05, 0) is 30.9 Å². The summed E-state index contributed by atoms with van der Waals surface area (Å²) < 4.78 is 45.5. The number of benzene rings is 2. The van der Waals surface area contributed by atoms with E-state index in [1.165, 1.54) is 15.8 Å². The van der Waals surface area contributed by atoms with Gasteiger partial charge in [-0.2, -0.15) is 13.2 Å². The third kappa shape index (κ3) is 7.64. The molecule has 0 radical (unpaired) electrons. The summed E-state index contributed by atoms with van der Waals surface area (Å²) in [6.45, 7) is 2.33. The lowest BCUT2D eigenvalue weighted by Gasteiger charge is -2.32. The molecule has 3 unspecified atom stereocenters. The van der Waals surface area contributed by atoms with Gasteiger partial charge in [0, 0.05) is 38.1 Å². The lowest BCUT2D eigenvalue weighted by Crippen LogP contribution is -2.49. The SMILES string of the molecule is CCNC(=O)[C@H]1OC(n2cnc3c(NCC(c4ccccc4)c4ccccc4)nc(C(=O)N4CCC(NC(=O)C(F)(F)F)CC4)nc32)C(O)C1O. The second-order valence-corrected chi connectivity index (χ2v) is 12.3. The van der Waals surface area contributed by atoms with Crippen molar-refractivity contribution in [2.45, 2.75) is 62.4 Å². The maximum absolute atomic E-state index is 13.9. The van der Waals surface area contributed by atoms with Crippen molar-refractivity contribution in [1.29, 1.82) is 0 Å². The summed E-state index contributed by atoms with van der Waals surface area (Å²) in [6.07, 6.45) is -9.39. The molecule has 6 rings (SSSR count). The Hall–Kier alpha value is -5.13. The lowest BCUT2D eigenvalue weighted by atomic mass is 9.91. The second kappa shape index (κ2) is 15.0. The monoisotopic (exact) mass is 710 g/mol. The summed E-state index contributed by atoms with van der Waals surface area (Å²) in [5.74, 6) is -3.52. The van der Waals surface area contributed by atoms with Crippen LogP contribution in [0.25, 0.3) is 11.2 Å². The first-order valence-electron chi connectivity index (χ1n) is 16.5. The number of alkyl halides is 3. The molecule has 2 aromatic heterocycles. The number of halogens is 3. The van der Waals surface area contributed by atoms with Gasteiger partial charge in [0.1, 0.15) is 12.2 Å². The number of aromatic nitrogens is 4. The molecule has 0 bridgehead atoms. The van der Waals surface area contributed by atoms with Crippen molar-refractivity contribution in [3.8, 4) is 0 Å². The third-order valence-corrected chi connectivity index (χ3v) is 8.99. The number of amides is 3. The first kappa shape index (κ1) is 35.7. The van der Waals surface area contributed by atoms with Crippen molar-refractivity contribution >= 4 is 34.7 Å². The summed E-state index contributed by atoms with van der Waals surface area (Å²) in [6, 6.07) is 18.8. The van der Waals surface area contributed by atoms with Gasteiger partial charge in [0.15, 0.2) is 29.3 Å². The van der Waals surface area contributed by atoms with E-state index >= 15 is 0 Å². The zero-order valence-electron chi connectivity index (χ0n) is 27.5. The highest BCUT2D eigenvalue weighted by molar-refractivity contribution is 5.94. The largest absolute Gasteiger partial charge is 0.471 e. The standard InChI is InChI=1S/C34H37F3N8O6/c1-2-38-30(48)26-24(46)25(47)32(51-26)45-18-40-23-27(39-17-22(19-9-5-3-6-10-19)20-11-7-4-8-12-20)42-28(43-29(23)45)31(49)44-15-13-21(14-16-44)41-33(50)34(35,36)37/h3-12,18,21-22,24-26,32,46-47H,2,13-17H2,1H3,(H,38,48)(H,41,50)(H,39,42,43)/t24?,25?,26-,32?/m0/s1. The van der Waals surface area contributed by atoms with Crippen LogP contribution < -0.4 is 16.0 Å². The van der Waals surface area contributed by atoms with Crippen molar-refractivity contribution < 1.29 is 42.5 Å². The van der Waals surface area contributed by atoms with E-state index in [4.69, 9.17) is 4.74 Å². The van der Waals surface area contributed by atoms with Crippen LogP contribution in [-0.4, -0.2) is 109 Å². The number of hydrogen-bond acceptors (Lipinski definition) is 10. The highest BCUT2D eigenvalue weighted by Crippen LogP contribution is 2.34. The van der Waals surface area contributed by atoms with E-state index in [0.717, 1.165) is 11.1 Å². The van der Waals surface area contributed by atoms with Crippen LogP contribution in [0.2, 0.25) is 0 Å². The quantitative estimate of drug-likeness (QED) is 0.163. The van der Waals surface area contributed by atoms with Crippen molar-refractivity contribution in [3.63, 3.8) is 0 Å². The molecule has 2 fully saturated rings. The topological polar surface area (TPSA) is 184 Å². The number of likely N-dealkylation sites (N-methyl/N-ethyl adjacent to an activating group) is 1. The minimum atomic E-state index is -5.02. The fourth-order valence-electron chi connectivity index (χ4n) is 6.34. The molecular weight excluding hydrogens is 673 g/mol. The Morgan fingerprint density at radius 3 is 2.18 bits per heavy atom. The number of hydrogen-bond donors (Lipinski definition) is 5. The molecule has 5 N–H and O–H groups in total. The van der Waals surface area contributed by atoms with Crippen LogP contribution in [-0.2, 0) is 14.3 Å². The molecule has 4 heterocycles. The third-order valence-electron chi connectivity index (χ3n) is 8.99. The van der Waals surface area contributed by atoms with Gasteiger partial charge >= 0.3 is 12.1 Å². The molecule has 4 atom stereocenters. The number of nitrogens with one attached hydrogen (secondary N) is 3. The van der Waals surface area contributed by atoms with Gasteiger partial charge in [0.05, 0.1) is 6.33 Å². The number of rotatable bonds is 10. The first-order chi connectivity index (χ1) is 24.5. The van der Waals surface area contributed by atoms with E-state index in [2.05, 4.69) is 25.6 Å². The van der Waals surface area contributed by atoms with Gasteiger partial charge in [-0.1, -0.05) is 60.7 Å². The Labute approximate surface area is 290 Å². The van der Waals surface area contributed by atoms with Gasteiger partial charge in [-0.25, -0.2) is 15.0 Å². The van der Waals surface area contributed by atoms with Gasteiger partial charge in [0.25, 0.3) is 11.8 Å². The summed E-state index contributed by atoms with van der Waals surface area (Å²) in [4.78, 5) is 52.8. The highest BCUT2D eigenvalue weighted by atomic mass is 19.4. The number of ether oxygens (including phenoxy) is 1. The molecule has 0 aliphatic carbocycles. The number of nitrogens with zero attached hydrogens (tertiary/aromatic N) is 5. The normalized spacial score (nSPS) is 21.2. The van der Waals surface area contributed by atoms with Gasteiger partial charge in [-0.3, -0.25) is 19.0 Å². The summed E-state index contributed by atoms with van der Waals surface area (Å²) >= 11 is 0. The minimum Gasteiger partial charge on any atom is -0.387 e. The number of aliphatic hydroxyl groups is 2. The average Bonchev–Trinajstić information content (AvgIpc) is 3.68. The zero-order valence-corrected chi connectivity index (χ0v) is 27.5. The Kier molecular flexibility index (Phi) is 10.5. The molecule has 270 valence electrons. The Morgan fingerprint density at radius 1 is 0.961 bits per heavy atom. The van der Waals surface area contributed by atoms with E-state index in [9.17, 15) is 37.8 Å². The minimum absolute atomic E-state index is 0.0278. The number of carbonyl (C=O) groups excluding carboxylic acids is 3. The number of aliphatic hydroxyl groups excluding tert-OH is 2. The Bertz CT molecular complexity index is 1810. The fraction of sp³-hybridized carbons (Fsp3) is 0.412. The Morgan fingerprint density at radius 2 is 1.59 bits per heavy atom. The highest BCUT2D eigenvalue weighted by Gasteiger charge is 2.48. The van der Waals surface area contributed by atoms with Crippen LogP contribution in [0.15, 0.2) is 67.0 Å². The summed E-state index contributed by atoms with van der Waals surface area (Å²) in [7, 11) is 0. The molecular formula is C34H37F3N8O6. The molecule has 2 aromatic carbocycles. The maximum Gasteiger partial charge on any atom is 0.471 e. The van der Waals surface area contributed by atoms with Crippen LogP contribution in [0, 0.1) is 0 Å². The number of anilines is 1. The molecule has 2 saturated heterocycles. The van der Waals surface area contributed by atoms with Crippen LogP contribution in [0.4, 0.5) is 19.0 Å². The number of likely N-dealkylation sites (tertiary alicyclic amines) is 1. The van der Waals surface area contributed by atoms with Gasteiger partial charge in [0.2, 0.25) is 5.82 Å². The van der Waals surface area contributed by atoms with Crippen molar-refractivity contribution in [3.05, 3.63) is 83.9 Å². The fourth-order valence-corrected chi connectivity index (χ4v) is 6.34. The molecule has 0 spiro atoms. The molecule has 14 nitrogen and oxygen atoms in total. The predicted molar refractivity (Wildman–Crippen MR) is 176 cm³/mol. The molecule has 3 amide bonds. The second-order valence-electron chi connectivity index (χ2n) is 12.3. The predicted octanol–water partition coefficient (Wildman–Crippen LogP) is 2.11. The summed E-state index contributed by atoms with van der Waals surface area (Å²) in [5, 5.41) is 29.5. The zero-order chi connectivity index (χ0) is 36.3. The molecule has 4 aromatic rings. The number of carbonyl (C=O) groups is 3. The lowest BCUT2D eigenvalue weighted by molar-refractivity contribution is -0.174. The first-order valence-corrected chi connectivity index (χ1v) is 16.5. The summed E-state index contributed by atoms with van der Waals surface area (Å²) in [5.41, 5.74) is 2.30. The van der Waals surface area contributed by atoms with Crippen molar-refractivity contribution in [2.75, 3.05) is 31.5 Å². The van der Waals surface area contributed by atoms with E-state index < -0.39 is 54.5 Å². The number of imidazole rings is 1. The van der Waals surface area contributed by atoms with E-state index in [-0.39, 0.29) is 61.2 Å². The number of piperidine rings is 1.